The zero-order chi connectivity index (χ0) is 40.8. The van der Waals surface area contributed by atoms with E-state index in [1.165, 1.54) is 94.2 Å². The zero-order valence-electron chi connectivity index (χ0n) is 36.7. The van der Waals surface area contributed by atoms with Gasteiger partial charge in [0, 0.05) is 34.3 Å². The van der Waals surface area contributed by atoms with E-state index >= 15 is 0 Å². The van der Waals surface area contributed by atoms with Crippen molar-refractivity contribution in [3.63, 3.8) is 0 Å². The number of hydrogen-bond donors (Lipinski definition) is 0. The summed E-state index contributed by atoms with van der Waals surface area (Å²) in [6, 6.07) is 36.0. The predicted octanol–water partition coefficient (Wildman–Crippen LogP) is 15.3. The second-order valence-corrected chi connectivity index (χ2v) is 21.1. The molecule has 0 N–H and O–H groups in total. The third-order valence-corrected chi connectivity index (χ3v) is 12.9. The Morgan fingerprint density at radius 2 is 1.02 bits per heavy atom. The van der Waals surface area contributed by atoms with E-state index in [-0.39, 0.29) is 27.6 Å². The summed E-state index contributed by atoms with van der Waals surface area (Å²) in [4.78, 5) is 0. The van der Waals surface area contributed by atoms with Crippen LogP contribution in [0.1, 0.15) is 145 Å². The molecule has 0 fully saturated rings. The predicted molar refractivity (Wildman–Crippen MR) is 248 cm³/mol. The molecule has 2 aliphatic carbocycles. The topological polar surface area (TPSA) is 4.93 Å². The summed E-state index contributed by atoms with van der Waals surface area (Å²) >= 11 is 0. The number of nitrogens with zero attached hydrogens (tertiary/aromatic N) is 1. The minimum Gasteiger partial charge on any atom is -0.337 e. The van der Waals surface area contributed by atoms with Gasteiger partial charge in [-0.2, -0.15) is 0 Å². The van der Waals surface area contributed by atoms with Gasteiger partial charge in [-0.15, -0.1) is 0 Å². The van der Waals surface area contributed by atoms with Gasteiger partial charge < -0.3 is 4.57 Å². The lowest BCUT2D eigenvalue weighted by molar-refractivity contribution is 0.589. The molecule has 1 aromatic heterocycles. The molecule has 1 heterocycles. The van der Waals surface area contributed by atoms with Gasteiger partial charge in [0.15, 0.2) is 0 Å². The molecule has 0 unspecified atom stereocenters. The Morgan fingerprint density at radius 3 is 1.49 bits per heavy atom. The van der Waals surface area contributed by atoms with Crippen molar-refractivity contribution in [1.82, 2.24) is 4.57 Å². The maximum absolute atomic E-state index is 4.40. The molecule has 0 bridgehead atoms. The molecule has 0 amide bonds. The van der Waals surface area contributed by atoms with Crippen LogP contribution >= 0.6 is 0 Å². The first-order valence-electron chi connectivity index (χ1n) is 21.3. The van der Waals surface area contributed by atoms with Gasteiger partial charge in [0.2, 0.25) is 0 Å². The summed E-state index contributed by atoms with van der Waals surface area (Å²) in [6.07, 6.45) is 8.92. The van der Waals surface area contributed by atoms with Crippen LogP contribution in [0.25, 0.3) is 38.5 Å². The summed E-state index contributed by atoms with van der Waals surface area (Å²) in [6.45, 7) is 33.0. The summed E-state index contributed by atoms with van der Waals surface area (Å²) in [5.41, 5.74) is 20.8. The summed E-state index contributed by atoms with van der Waals surface area (Å²) in [7, 11) is 0. The van der Waals surface area contributed by atoms with Crippen molar-refractivity contribution in [3.05, 3.63) is 171 Å². The molecule has 0 radical (unpaired) electrons. The van der Waals surface area contributed by atoms with Gasteiger partial charge >= 0.3 is 0 Å². The second kappa shape index (κ2) is 13.6. The summed E-state index contributed by atoms with van der Waals surface area (Å²) in [5, 5.41) is 2.70. The highest BCUT2D eigenvalue weighted by Gasteiger charge is 2.33. The number of allylic oxidation sites excluding steroid dienone is 5. The molecule has 8 rings (SSSR count). The normalized spacial score (nSPS) is 15.2. The lowest BCUT2D eigenvalue weighted by Crippen LogP contribution is -2.11. The Hall–Kier alpha value is -4.88. The van der Waals surface area contributed by atoms with Gasteiger partial charge in [0.25, 0.3) is 0 Å². The number of aryl methyl sites for hydroxylation is 1. The van der Waals surface area contributed by atoms with E-state index in [0.717, 1.165) is 19.4 Å². The van der Waals surface area contributed by atoms with Crippen LogP contribution in [-0.4, -0.2) is 4.57 Å². The minimum atomic E-state index is 0.0848. The number of hydrogen-bond acceptors (Lipinski definition) is 0. The second-order valence-electron chi connectivity index (χ2n) is 21.1. The van der Waals surface area contributed by atoms with Gasteiger partial charge in [0.05, 0.1) is 0 Å². The number of fused-ring (bicyclic) bond motifs is 7. The molecule has 292 valence electrons. The van der Waals surface area contributed by atoms with Crippen LogP contribution in [0.15, 0.2) is 121 Å². The van der Waals surface area contributed by atoms with E-state index in [2.05, 4.69) is 203 Å². The van der Waals surface area contributed by atoms with Gasteiger partial charge in [-0.1, -0.05) is 169 Å². The van der Waals surface area contributed by atoms with Crippen LogP contribution < -0.4 is 0 Å². The average Bonchev–Trinajstić information content (AvgIpc) is 3.64. The van der Waals surface area contributed by atoms with Crippen LogP contribution in [0.2, 0.25) is 0 Å². The SMILES string of the molecule is C=CC1=C(/C=C\Cn2c3ccc(C(C)(C)C)cc3c3cc(C(C)(C)C)ccc32)CCc2ccc(C3c4ccc(C(C)(C)C)cc4-c4cc(C(C)(C)C)ccc43)cc21. The fraction of sp³-hybridized carbons (Fsp3) is 0.357. The van der Waals surface area contributed by atoms with Crippen molar-refractivity contribution in [2.24, 2.45) is 0 Å². The zero-order valence-corrected chi connectivity index (χ0v) is 36.7. The highest BCUT2D eigenvalue weighted by Crippen LogP contribution is 2.51. The third kappa shape index (κ3) is 6.96. The molecular weight excluding hydrogens is 687 g/mol. The van der Waals surface area contributed by atoms with Gasteiger partial charge in [0.1, 0.15) is 0 Å². The van der Waals surface area contributed by atoms with E-state index in [1.54, 1.807) is 0 Å². The van der Waals surface area contributed by atoms with Gasteiger partial charge in [-0.3, -0.25) is 0 Å². The first-order chi connectivity index (χ1) is 26.7. The van der Waals surface area contributed by atoms with Crippen molar-refractivity contribution in [3.8, 4) is 11.1 Å². The smallest absolute Gasteiger partial charge is 0.0494 e. The molecule has 0 saturated heterocycles. The molecule has 6 aromatic rings. The molecular formula is C56H63N. The lowest BCUT2D eigenvalue weighted by atomic mass is 9.80. The third-order valence-electron chi connectivity index (χ3n) is 12.9. The van der Waals surface area contributed by atoms with E-state index in [1.807, 2.05) is 0 Å². The number of aromatic nitrogens is 1. The van der Waals surface area contributed by atoms with Crippen molar-refractivity contribution >= 4 is 27.4 Å². The average molecular weight is 750 g/mol. The molecule has 2 aliphatic rings. The van der Waals surface area contributed by atoms with Crippen LogP contribution in [-0.2, 0) is 34.6 Å². The first-order valence-corrected chi connectivity index (χ1v) is 21.3. The largest absolute Gasteiger partial charge is 0.337 e. The van der Waals surface area contributed by atoms with Crippen LogP contribution in [0.3, 0.4) is 0 Å². The fourth-order valence-corrected chi connectivity index (χ4v) is 9.31. The fourth-order valence-electron chi connectivity index (χ4n) is 9.31. The molecule has 0 aliphatic heterocycles. The highest BCUT2D eigenvalue weighted by atomic mass is 15.0. The van der Waals surface area contributed by atoms with Crippen LogP contribution in [0.4, 0.5) is 0 Å². The Balaban J connectivity index is 1.18. The van der Waals surface area contributed by atoms with Gasteiger partial charge in [-0.25, -0.2) is 0 Å². The quantitative estimate of drug-likeness (QED) is 0.165. The molecule has 57 heavy (non-hydrogen) atoms. The summed E-state index contributed by atoms with van der Waals surface area (Å²) < 4.78 is 2.51. The molecule has 0 atom stereocenters. The molecule has 1 nitrogen and oxygen atoms in total. The Bertz CT molecular complexity index is 2500. The van der Waals surface area contributed by atoms with Crippen LogP contribution in [0, 0.1) is 0 Å². The minimum absolute atomic E-state index is 0.0848. The monoisotopic (exact) mass is 749 g/mol. The first kappa shape index (κ1) is 39.0. The van der Waals surface area contributed by atoms with Crippen molar-refractivity contribution in [1.29, 1.82) is 0 Å². The highest BCUT2D eigenvalue weighted by molar-refractivity contribution is 6.08. The standard InChI is InChI=1S/C56H63N/c1-14-42-35(16-15-29-57-50-27-23-40(55(8,9)10)33-48(50)49-34-41(56(11,12)13)24-28-51(49)57)17-18-36-19-20-37(30-45(36)42)52-43-25-21-38(53(2,3)4)31-46(43)47-32-39(54(5,6)7)22-26-44(47)52/h14-16,19-28,30-34,52H,1,17-18,29H2,2-13H3/b16-15-. The Morgan fingerprint density at radius 1 is 0.544 bits per heavy atom. The van der Waals surface area contributed by atoms with E-state index in [4.69, 9.17) is 0 Å². The summed E-state index contributed by atoms with van der Waals surface area (Å²) in [5.74, 6) is 0.197. The van der Waals surface area contributed by atoms with Crippen molar-refractivity contribution < 1.29 is 0 Å². The maximum Gasteiger partial charge on any atom is 0.0494 e. The van der Waals surface area contributed by atoms with Crippen molar-refractivity contribution in [2.45, 2.75) is 130 Å². The molecule has 0 spiro atoms. The maximum atomic E-state index is 4.40. The molecule has 5 aromatic carbocycles. The number of benzene rings is 5. The molecule has 0 saturated carbocycles. The van der Waals surface area contributed by atoms with E-state index < -0.39 is 0 Å². The Labute approximate surface area is 343 Å². The van der Waals surface area contributed by atoms with Gasteiger partial charge in [-0.05, 0) is 137 Å². The van der Waals surface area contributed by atoms with Crippen LogP contribution in [0.5, 0.6) is 0 Å². The molecule has 1 heteroatoms. The van der Waals surface area contributed by atoms with Crippen molar-refractivity contribution in [2.75, 3.05) is 0 Å². The lowest BCUT2D eigenvalue weighted by Gasteiger charge is -2.24. The van der Waals surface area contributed by atoms with E-state index in [9.17, 15) is 0 Å². The Kier molecular flexibility index (Phi) is 9.31. The van der Waals surface area contributed by atoms with E-state index in [0.29, 0.717) is 0 Å². The number of rotatable bonds is 5.